The van der Waals surface area contributed by atoms with Crippen LogP contribution in [0.1, 0.15) is 28.9 Å². The Bertz CT molecular complexity index is 3930. The van der Waals surface area contributed by atoms with Gasteiger partial charge in [-0.05, 0) is 99.9 Å². The maximum atomic E-state index is 9.12. The fraction of sp³-hybridized carbons (Fsp3) is 0.0357. The molecule has 0 bridgehead atoms. The van der Waals surface area contributed by atoms with Gasteiger partial charge in [-0.3, -0.25) is 13.7 Å². The van der Waals surface area contributed by atoms with Gasteiger partial charge in [-0.25, -0.2) is 4.98 Å². The lowest BCUT2D eigenvalue weighted by Gasteiger charge is -2.17. The standard InChI is InChI=1S/C56H40N4O/c1-2-39-32-33-57-55(34-39)60-51-27-13-12-24-49(51)50-30-29-46(37-53(50)60)61-45-23-14-22-44(36-45)58-38-59(54-35-43(28-31-52(54)58)40-16-6-3-7-17-40)56-47(41-18-8-4-9-19-41)25-15-26-48(56)42-20-10-5-11-21-42/h3-37H,2H2,1H3/i2D2,4D,5D,8D,9D,10D,11D,18D,19D,20D,21D. The lowest BCUT2D eigenvalue weighted by atomic mass is 9.95. The summed E-state index contributed by atoms with van der Waals surface area (Å²) in [5.41, 5.74) is 5.68. The van der Waals surface area contributed by atoms with Crippen LogP contribution < -0.4 is 9.30 Å². The molecule has 0 amide bonds. The average Bonchev–Trinajstić information content (AvgIpc) is 3.94. The molecular formula is C56H40N4O. The molecule has 290 valence electrons. The Kier molecular flexibility index (Phi) is 6.38. The number of fused-ring (bicyclic) bond motifs is 4. The second kappa shape index (κ2) is 15.3. The molecule has 0 aliphatic rings. The molecule has 0 saturated carbocycles. The molecule has 8 aromatic carbocycles. The minimum absolute atomic E-state index is 0.131. The number of pyridine rings is 1. The molecule has 5 nitrogen and oxygen atoms in total. The van der Waals surface area contributed by atoms with Gasteiger partial charge in [-0.1, -0.05) is 152 Å². The second-order valence-electron chi connectivity index (χ2n) is 14.3. The highest BCUT2D eigenvalue weighted by Gasteiger charge is 2.21. The Labute approximate surface area is 371 Å². The van der Waals surface area contributed by atoms with Crippen molar-refractivity contribution in [3.63, 3.8) is 0 Å². The number of ether oxygens (including phenoxy) is 1. The zero-order valence-corrected chi connectivity index (χ0v) is 32.6. The zero-order valence-electron chi connectivity index (χ0n) is 44.6. The van der Waals surface area contributed by atoms with Crippen molar-refractivity contribution in [3.05, 3.63) is 224 Å². The maximum absolute atomic E-state index is 9.12. The fourth-order valence-electron chi connectivity index (χ4n) is 8.01. The van der Waals surface area contributed by atoms with Gasteiger partial charge in [0.15, 0.2) is 0 Å². The van der Waals surface area contributed by atoms with Gasteiger partial charge >= 0.3 is 0 Å². The number of rotatable bonds is 9. The molecule has 61 heavy (non-hydrogen) atoms. The van der Waals surface area contributed by atoms with E-state index >= 15 is 0 Å². The van der Waals surface area contributed by atoms with E-state index in [0.29, 0.717) is 39.6 Å². The number of imidazole rings is 1. The van der Waals surface area contributed by atoms with E-state index in [9.17, 15) is 0 Å². The number of nitrogens with zero attached hydrogens (tertiary/aromatic N) is 4. The van der Waals surface area contributed by atoms with Crippen molar-refractivity contribution in [2.45, 2.75) is 13.3 Å². The van der Waals surface area contributed by atoms with Crippen LogP contribution in [0.15, 0.2) is 212 Å². The van der Waals surface area contributed by atoms with Crippen LogP contribution in [-0.4, -0.2) is 14.1 Å². The second-order valence-corrected chi connectivity index (χ2v) is 14.3. The van der Waals surface area contributed by atoms with Gasteiger partial charge in [-0.15, -0.1) is 0 Å². The molecule has 0 fully saturated rings. The molecule has 11 aromatic rings. The van der Waals surface area contributed by atoms with E-state index in [1.165, 1.54) is 6.92 Å². The number of benzene rings is 8. The van der Waals surface area contributed by atoms with Crippen molar-refractivity contribution in [2.24, 2.45) is 0 Å². The summed E-state index contributed by atoms with van der Waals surface area (Å²) in [7, 11) is 0. The van der Waals surface area contributed by atoms with Crippen molar-refractivity contribution >= 4 is 32.8 Å². The highest BCUT2D eigenvalue weighted by Crippen LogP contribution is 2.37. The number of aryl methyl sites for hydroxylation is 1. The van der Waals surface area contributed by atoms with Gasteiger partial charge in [0.2, 0.25) is 0 Å². The summed E-state index contributed by atoms with van der Waals surface area (Å²) in [6.45, 7) is 1.51. The van der Waals surface area contributed by atoms with E-state index in [2.05, 4.69) is 11.3 Å². The number of para-hydroxylation sites is 2. The van der Waals surface area contributed by atoms with E-state index < -0.39 is 66.8 Å². The van der Waals surface area contributed by atoms with Crippen LogP contribution in [0.2, 0.25) is 0 Å². The molecule has 0 aliphatic heterocycles. The first-order valence-corrected chi connectivity index (χ1v) is 19.6. The topological polar surface area (TPSA) is 35.9 Å². The van der Waals surface area contributed by atoms with Crippen molar-refractivity contribution in [3.8, 4) is 62.1 Å². The molecule has 0 N–H and O–H groups in total. The van der Waals surface area contributed by atoms with Crippen molar-refractivity contribution < 1.29 is 25.8 Å². The summed E-state index contributed by atoms with van der Waals surface area (Å²) in [5, 5.41) is 1.93. The zero-order chi connectivity index (χ0) is 51.2. The van der Waals surface area contributed by atoms with Gasteiger partial charge < -0.3 is 4.74 Å². The van der Waals surface area contributed by atoms with Crippen LogP contribution in [-0.2, 0) is 6.37 Å². The van der Waals surface area contributed by atoms with Gasteiger partial charge in [0.25, 0.3) is 6.33 Å². The number of aromatic nitrogens is 4. The van der Waals surface area contributed by atoms with Crippen molar-refractivity contribution in [1.82, 2.24) is 14.1 Å². The Morgan fingerprint density at radius 3 is 2.07 bits per heavy atom. The van der Waals surface area contributed by atoms with Crippen molar-refractivity contribution in [2.75, 3.05) is 0 Å². The van der Waals surface area contributed by atoms with E-state index in [-0.39, 0.29) is 27.9 Å². The Morgan fingerprint density at radius 1 is 0.590 bits per heavy atom. The van der Waals surface area contributed by atoms with E-state index in [1.54, 1.807) is 45.7 Å². The van der Waals surface area contributed by atoms with Gasteiger partial charge in [0.05, 0.1) is 47.1 Å². The third kappa shape index (κ3) is 6.53. The lowest BCUT2D eigenvalue weighted by molar-refractivity contribution is -0.571. The monoisotopic (exact) mass is 796 g/mol. The van der Waals surface area contributed by atoms with E-state index in [0.717, 1.165) is 32.9 Å². The van der Waals surface area contributed by atoms with Gasteiger partial charge in [0.1, 0.15) is 17.3 Å². The first-order valence-electron chi connectivity index (χ1n) is 25.6. The summed E-state index contributed by atoms with van der Waals surface area (Å²) in [4.78, 5) is 4.67. The highest BCUT2D eigenvalue weighted by molar-refractivity contribution is 6.09. The molecule has 3 heterocycles. The summed E-state index contributed by atoms with van der Waals surface area (Å²) >= 11 is 0. The first kappa shape index (κ1) is 25.5. The van der Waals surface area contributed by atoms with E-state index in [4.69, 9.17) is 21.2 Å². The Hall–Kier alpha value is -8.02. The van der Waals surface area contributed by atoms with Crippen LogP contribution in [0, 0.1) is 6.33 Å². The molecule has 0 aliphatic carbocycles. The van der Waals surface area contributed by atoms with E-state index in [1.807, 2.05) is 120 Å². The molecule has 0 atom stereocenters. The Morgan fingerprint density at radius 2 is 1.30 bits per heavy atom. The first-order chi connectivity index (χ1) is 35.0. The smallest absolute Gasteiger partial charge is 0.269 e. The summed E-state index contributed by atoms with van der Waals surface area (Å²) in [6, 6.07) is 39.3. The number of hydrogen-bond acceptors (Lipinski definition) is 2. The van der Waals surface area contributed by atoms with Crippen LogP contribution in [0.3, 0.4) is 0 Å². The maximum Gasteiger partial charge on any atom is 0.269 e. The van der Waals surface area contributed by atoms with Crippen molar-refractivity contribution in [1.29, 1.82) is 0 Å². The third-order valence-electron chi connectivity index (χ3n) is 10.8. The third-order valence-corrected chi connectivity index (χ3v) is 10.8. The Balaban J connectivity index is 1.13. The molecular weight excluding hydrogens is 745 g/mol. The average molecular weight is 797 g/mol. The predicted octanol–water partition coefficient (Wildman–Crippen LogP) is 13.6. The minimum atomic E-state index is -1.60. The van der Waals surface area contributed by atoms with Crippen LogP contribution in [0.25, 0.3) is 83.4 Å². The highest BCUT2D eigenvalue weighted by atomic mass is 16.5. The molecule has 0 radical (unpaired) electrons. The normalized spacial score (nSPS) is 14.4. The summed E-state index contributed by atoms with van der Waals surface area (Å²) in [5.74, 6) is 1.52. The predicted molar refractivity (Wildman–Crippen MR) is 248 cm³/mol. The largest absolute Gasteiger partial charge is 0.458 e. The number of hydrogen-bond donors (Lipinski definition) is 0. The molecule has 5 heteroatoms. The fourth-order valence-corrected chi connectivity index (χ4v) is 8.01. The lowest BCUT2D eigenvalue weighted by Crippen LogP contribution is -2.31. The molecule has 0 saturated heterocycles. The molecule has 0 spiro atoms. The van der Waals surface area contributed by atoms with Crippen LogP contribution in [0.4, 0.5) is 0 Å². The molecule has 0 unspecified atom stereocenters. The minimum Gasteiger partial charge on any atom is -0.458 e. The van der Waals surface area contributed by atoms with Gasteiger partial charge in [-0.2, -0.15) is 0 Å². The SMILES string of the molecule is [2H]c1c([2H])c([2H])c(-c2cccc(-c3c([2H])c([2H])c([2H])c([2H])c3[2H])c2-[n+]2[c-]n(-c3cccc(Oc4ccc5c6ccccc6n(-c6cc(C([2H])([2H])C)ccn6)c5c4)c3)c3ccc(-c4ccccc4)cc32)c([2H])c1[2H]. The summed E-state index contributed by atoms with van der Waals surface area (Å²) in [6.07, 6.45) is 3.50. The van der Waals surface area contributed by atoms with Crippen LogP contribution in [0.5, 0.6) is 11.5 Å². The van der Waals surface area contributed by atoms with Gasteiger partial charge in [0, 0.05) is 25.8 Å². The molecule has 3 aromatic heterocycles. The quantitative estimate of drug-likeness (QED) is 0.108. The summed E-state index contributed by atoms with van der Waals surface area (Å²) < 4.78 is 117. The molecule has 11 rings (SSSR count). The van der Waals surface area contributed by atoms with Crippen LogP contribution >= 0.6 is 0 Å².